The Kier molecular flexibility index (Phi) is 7.10. The Morgan fingerprint density at radius 1 is 1.29 bits per heavy atom. The molecule has 6 nitrogen and oxygen atoms in total. The van der Waals surface area contributed by atoms with Gasteiger partial charge in [0.1, 0.15) is 0 Å². The molecule has 21 heavy (non-hydrogen) atoms. The van der Waals surface area contributed by atoms with Crippen LogP contribution in [-0.2, 0) is 14.9 Å². The van der Waals surface area contributed by atoms with Gasteiger partial charge < -0.3 is 14.4 Å². The third-order valence-corrected chi connectivity index (χ3v) is 4.34. The molecule has 0 aromatic carbocycles. The molecule has 0 saturated heterocycles. The zero-order valence-corrected chi connectivity index (χ0v) is 13.1. The molecule has 0 aliphatic rings. The van der Waals surface area contributed by atoms with Crippen LogP contribution in [0.2, 0.25) is 0 Å². The number of rotatable bonds is 8. The monoisotopic (exact) mass is 334 g/mol. The van der Waals surface area contributed by atoms with E-state index in [0.29, 0.717) is 24.0 Å². The van der Waals surface area contributed by atoms with Crippen molar-refractivity contribution in [1.82, 2.24) is 5.32 Å². The van der Waals surface area contributed by atoms with Gasteiger partial charge in [-0.15, -0.1) is 0 Å². The number of nitrogens with one attached hydrogen (secondary N) is 1. The maximum Gasteiger partial charge on any atom is 0.471 e. The molecule has 0 fully saturated rings. The number of nitrogens with zero attached hydrogens (tertiary/aromatic N) is 1. The first-order valence-electron chi connectivity index (χ1n) is 6.37. The predicted octanol–water partition coefficient (Wildman–Crippen LogP) is 0.455. The van der Waals surface area contributed by atoms with E-state index in [1.54, 1.807) is 19.4 Å². The summed E-state index contributed by atoms with van der Waals surface area (Å²) in [5.41, 5.74) is 0. The SMILES string of the molecule is CC(CC[N+](C)(C)CCCNC(=O)C(F)(F)F)S(=O)(=O)[O-]. The largest absolute Gasteiger partial charge is 0.748 e. The number of amides is 1. The molecule has 0 rings (SSSR count). The second kappa shape index (κ2) is 7.41. The van der Waals surface area contributed by atoms with Gasteiger partial charge in [-0.3, -0.25) is 4.79 Å². The van der Waals surface area contributed by atoms with Crippen LogP contribution >= 0.6 is 0 Å². The molecule has 0 aromatic heterocycles. The number of carbonyl (C=O) groups excluding carboxylic acids is 1. The minimum atomic E-state index is -4.89. The lowest BCUT2D eigenvalue weighted by atomic mass is 10.2. The number of carbonyl (C=O) groups is 1. The Bertz CT molecular complexity index is 449. The molecular formula is C11H21F3N2O4S. The van der Waals surface area contributed by atoms with Crippen molar-refractivity contribution in [3.63, 3.8) is 0 Å². The molecule has 1 unspecified atom stereocenters. The van der Waals surface area contributed by atoms with Gasteiger partial charge >= 0.3 is 12.1 Å². The average molecular weight is 334 g/mol. The van der Waals surface area contributed by atoms with E-state index in [0.717, 1.165) is 0 Å². The Labute approximate surface area is 122 Å². The van der Waals surface area contributed by atoms with E-state index in [9.17, 15) is 30.9 Å². The number of hydrogen-bond acceptors (Lipinski definition) is 4. The summed E-state index contributed by atoms with van der Waals surface area (Å²) in [6.07, 6.45) is -4.40. The molecule has 0 saturated carbocycles. The van der Waals surface area contributed by atoms with Gasteiger partial charge in [0.2, 0.25) is 0 Å². The molecule has 1 atom stereocenters. The molecule has 1 N–H and O–H groups in total. The lowest BCUT2D eigenvalue weighted by Crippen LogP contribution is -2.44. The van der Waals surface area contributed by atoms with Crippen LogP contribution in [0.5, 0.6) is 0 Å². The molecule has 10 heteroatoms. The van der Waals surface area contributed by atoms with Gasteiger partial charge in [0.25, 0.3) is 0 Å². The first kappa shape index (κ1) is 20.1. The van der Waals surface area contributed by atoms with E-state index in [1.807, 2.05) is 0 Å². The van der Waals surface area contributed by atoms with Crippen LogP contribution in [0.4, 0.5) is 13.2 Å². The van der Waals surface area contributed by atoms with Gasteiger partial charge in [0.15, 0.2) is 0 Å². The fourth-order valence-corrected chi connectivity index (χ4v) is 1.99. The number of alkyl halides is 3. The highest BCUT2D eigenvalue weighted by Gasteiger charge is 2.38. The Morgan fingerprint density at radius 2 is 1.81 bits per heavy atom. The van der Waals surface area contributed by atoms with Crippen molar-refractivity contribution in [2.45, 2.75) is 31.2 Å². The molecular weight excluding hydrogens is 313 g/mol. The smallest absolute Gasteiger partial charge is 0.471 e. The van der Waals surface area contributed by atoms with Crippen molar-refractivity contribution in [1.29, 1.82) is 0 Å². The number of halogens is 3. The summed E-state index contributed by atoms with van der Waals surface area (Å²) in [7, 11) is -0.773. The second-order valence-corrected chi connectivity index (χ2v) is 7.37. The summed E-state index contributed by atoms with van der Waals surface area (Å²) in [6, 6.07) is 0. The van der Waals surface area contributed by atoms with Crippen LogP contribution in [0.1, 0.15) is 19.8 Å². The highest BCUT2D eigenvalue weighted by Crippen LogP contribution is 2.14. The van der Waals surface area contributed by atoms with Gasteiger partial charge in [-0.2, -0.15) is 13.2 Å². The van der Waals surface area contributed by atoms with Crippen molar-refractivity contribution in [2.75, 3.05) is 33.7 Å². The van der Waals surface area contributed by atoms with Crippen molar-refractivity contribution >= 4 is 16.0 Å². The van der Waals surface area contributed by atoms with Crippen molar-refractivity contribution in [3.8, 4) is 0 Å². The van der Waals surface area contributed by atoms with Crippen LogP contribution in [-0.4, -0.2) is 68.5 Å². The van der Waals surface area contributed by atoms with Gasteiger partial charge in [-0.1, -0.05) is 0 Å². The fourth-order valence-electron chi connectivity index (χ4n) is 1.60. The molecule has 0 heterocycles. The first-order valence-corrected chi connectivity index (χ1v) is 7.84. The van der Waals surface area contributed by atoms with Crippen LogP contribution in [0.3, 0.4) is 0 Å². The van der Waals surface area contributed by atoms with Gasteiger partial charge in [0.05, 0.1) is 42.6 Å². The summed E-state index contributed by atoms with van der Waals surface area (Å²) in [5.74, 6) is -1.97. The van der Waals surface area contributed by atoms with Gasteiger partial charge in [-0.05, 0) is 6.92 Å². The Morgan fingerprint density at radius 3 is 2.24 bits per heavy atom. The highest BCUT2D eigenvalue weighted by atomic mass is 32.2. The third-order valence-electron chi connectivity index (χ3n) is 3.12. The molecule has 126 valence electrons. The molecule has 0 aliphatic heterocycles. The summed E-state index contributed by atoms with van der Waals surface area (Å²) >= 11 is 0. The topological polar surface area (TPSA) is 86.3 Å². The quantitative estimate of drug-likeness (QED) is 0.397. The maximum atomic E-state index is 11.9. The summed E-state index contributed by atoms with van der Waals surface area (Å²) in [4.78, 5) is 10.6. The van der Waals surface area contributed by atoms with E-state index in [-0.39, 0.29) is 13.0 Å². The normalized spacial score (nSPS) is 14.8. The lowest BCUT2D eigenvalue weighted by Gasteiger charge is -2.31. The third kappa shape index (κ3) is 8.89. The maximum absolute atomic E-state index is 11.9. The number of quaternary nitrogens is 1. The van der Waals surface area contributed by atoms with E-state index in [4.69, 9.17) is 0 Å². The number of hydrogen-bond donors (Lipinski definition) is 1. The molecule has 0 spiro atoms. The van der Waals surface area contributed by atoms with Gasteiger partial charge in [0, 0.05) is 19.4 Å². The van der Waals surface area contributed by atoms with Crippen LogP contribution in [0.15, 0.2) is 0 Å². The second-order valence-electron chi connectivity index (χ2n) is 5.58. The van der Waals surface area contributed by atoms with Crippen molar-refractivity contribution in [3.05, 3.63) is 0 Å². The molecule has 0 radical (unpaired) electrons. The molecule has 0 aromatic rings. The molecule has 1 amide bonds. The van der Waals surface area contributed by atoms with E-state index in [2.05, 4.69) is 0 Å². The van der Waals surface area contributed by atoms with E-state index >= 15 is 0 Å². The van der Waals surface area contributed by atoms with Crippen LogP contribution in [0.25, 0.3) is 0 Å². The minimum Gasteiger partial charge on any atom is -0.748 e. The Balaban J connectivity index is 4.07. The summed E-state index contributed by atoms with van der Waals surface area (Å²) in [5, 5.41) is 0.764. The zero-order chi connectivity index (χ0) is 16.9. The standard InChI is InChI=1S/C11H21F3N2O4S/c1-9(21(18,19)20)5-8-16(2,3)7-4-6-15-10(17)11(12,13)14/h9H,4-8H2,1-3H3,(H-,15,17,18,19,20). The van der Waals surface area contributed by atoms with Gasteiger partial charge in [-0.25, -0.2) is 8.42 Å². The van der Waals surface area contributed by atoms with E-state index in [1.165, 1.54) is 6.92 Å². The highest BCUT2D eigenvalue weighted by molar-refractivity contribution is 7.86. The first-order chi connectivity index (χ1) is 9.26. The lowest BCUT2D eigenvalue weighted by molar-refractivity contribution is -0.890. The fraction of sp³-hybridized carbons (Fsp3) is 0.909. The average Bonchev–Trinajstić information content (AvgIpc) is 2.29. The van der Waals surface area contributed by atoms with Crippen LogP contribution < -0.4 is 5.32 Å². The minimum absolute atomic E-state index is 0.116. The summed E-state index contributed by atoms with van der Waals surface area (Å²) < 4.78 is 68.4. The molecule has 0 aliphatic carbocycles. The molecule has 0 bridgehead atoms. The van der Waals surface area contributed by atoms with Crippen LogP contribution in [0, 0.1) is 0 Å². The van der Waals surface area contributed by atoms with Crippen molar-refractivity contribution < 1.29 is 35.4 Å². The predicted molar refractivity (Wildman–Crippen MR) is 69.3 cm³/mol. The summed E-state index contributed by atoms with van der Waals surface area (Å²) in [6.45, 7) is 2.06. The Hall–Kier alpha value is -0.870. The van der Waals surface area contributed by atoms with E-state index < -0.39 is 27.5 Å². The zero-order valence-electron chi connectivity index (χ0n) is 12.2. The van der Waals surface area contributed by atoms with Crippen molar-refractivity contribution in [2.24, 2.45) is 0 Å².